The number of hydrogen-bond donors (Lipinski definition) is 1. The largest absolute Gasteiger partial charge is 0.481 e. The maximum Gasteiger partial charge on any atom is 0.307 e. The molecule has 82 valence electrons. The summed E-state index contributed by atoms with van der Waals surface area (Å²) in [6, 6.07) is 5.00. The lowest BCUT2D eigenvalue weighted by molar-refractivity contribution is -0.136. The summed E-state index contributed by atoms with van der Waals surface area (Å²) in [7, 11) is 1.66. The van der Waals surface area contributed by atoms with Crippen LogP contribution in [0.15, 0.2) is 24.1 Å². The Morgan fingerprint density at radius 1 is 1.56 bits per heavy atom. The summed E-state index contributed by atoms with van der Waals surface area (Å²) in [5.41, 5.74) is 1.34. The van der Waals surface area contributed by atoms with Gasteiger partial charge in [0.05, 0.1) is 12.1 Å². The van der Waals surface area contributed by atoms with Crippen LogP contribution in [-0.4, -0.2) is 24.1 Å². The Labute approximate surface area is 91.6 Å². The molecule has 1 aromatic carbocycles. The molecule has 5 nitrogen and oxygen atoms in total. The van der Waals surface area contributed by atoms with Crippen molar-refractivity contribution in [1.82, 2.24) is 0 Å². The third-order valence-electron chi connectivity index (χ3n) is 2.34. The number of carboxylic acids is 1. The molecule has 0 spiro atoms. The van der Waals surface area contributed by atoms with Crippen molar-refractivity contribution in [3.8, 4) is 5.75 Å². The summed E-state index contributed by atoms with van der Waals surface area (Å²) in [5, 5.41) is 8.67. The molecule has 0 aliphatic carbocycles. The highest BCUT2D eigenvalue weighted by Gasteiger charge is 2.24. The van der Waals surface area contributed by atoms with Gasteiger partial charge in [-0.2, -0.15) is 0 Å². The standard InChI is InChI=1S/C11H9NO4/c1-12-8-4-7(5-11(14)15)2-3-9(8)16-10(12)6-13/h2-4H,5H2,1H3,(H,14,15). The van der Waals surface area contributed by atoms with Gasteiger partial charge in [0.25, 0.3) is 5.88 Å². The molecule has 1 heterocycles. The number of rotatable bonds is 2. The van der Waals surface area contributed by atoms with Gasteiger partial charge in [0.2, 0.25) is 0 Å². The Bertz CT molecular complexity index is 503. The fourth-order valence-corrected chi connectivity index (χ4v) is 1.57. The van der Waals surface area contributed by atoms with E-state index in [9.17, 15) is 9.59 Å². The van der Waals surface area contributed by atoms with E-state index >= 15 is 0 Å². The molecule has 0 saturated carbocycles. The molecule has 0 fully saturated rings. The van der Waals surface area contributed by atoms with Crippen LogP contribution in [0.4, 0.5) is 5.69 Å². The van der Waals surface area contributed by atoms with E-state index in [4.69, 9.17) is 9.84 Å². The summed E-state index contributed by atoms with van der Waals surface area (Å²) >= 11 is 0. The minimum Gasteiger partial charge on any atom is -0.481 e. The highest BCUT2D eigenvalue weighted by molar-refractivity contribution is 5.75. The normalized spacial score (nSPS) is 13.1. The van der Waals surface area contributed by atoms with E-state index in [2.05, 4.69) is 0 Å². The van der Waals surface area contributed by atoms with Crippen LogP contribution >= 0.6 is 0 Å². The Hall–Kier alpha value is -2.26. The van der Waals surface area contributed by atoms with E-state index in [1.54, 1.807) is 31.2 Å². The van der Waals surface area contributed by atoms with Crippen molar-refractivity contribution in [2.75, 3.05) is 11.9 Å². The molecule has 2 rings (SSSR count). The Morgan fingerprint density at radius 2 is 2.31 bits per heavy atom. The first-order chi connectivity index (χ1) is 7.61. The van der Waals surface area contributed by atoms with Crippen LogP contribution in [0.5, 0.6) is 5.75 Å². The molecule has 0 bridgehead atoms. The molecule has 16 heavy (non-hydrogen) atoms. The van der Waals surface area contributed by atoms with Crippen molar-refractivity contribution in [3.63, 3.8) is 0 Å². The van der Waals surface area contributed by atoms with Crippen LogP contribution in [0.25, 0.3) is 0 Å². The summed E-state index contributed by atoms with van der Waals surface area (Å²) < 4.78 is 5.20. The second-order valence-electron chi connectivity index (χ2n) is 3.44. The quantitative estimate of drug-likeness (QED) is 0.746. The number of ether oxygens (including phenoxy) is 1. The van der Waals surface area contributed by atoms with Gasteiger partial charge in [0, 0.05) is 7.05 Å². The van der Waals surface area contributed by atoms with Crippen molar-refractivity contribution in [2.24, 2.45) is 0 Å². The van der Waals surface area contributed by atoms with Crippen molar-refractivity contribution < 1.29 is 19.4 Å². The fraction of sp³-hybridized carbons (Fsp3) is 0.182. The van der Waals surface area contributed by atoms with E-state index in [0.717, 1.165) is 0 Å². The van der Waals surface area contributed by atoms with Crippen LogP contribution in [-0.2, 0) is 16.0 Å². The van der Waals surface area contributed by atoms with Gasteiger partial charge in [-0.15, -0.1) is 0 Å². The predicted octanol–water partition coefficient (Wildman–Crippen LogP) is 0.815. The van der Waals surface area contributed by atoms with Gasteiger partial charge in [-0.1, -0.05) is 6.07 Å². The monoisotopic (exact) mass is 219 g/mol. The lowest BCUT2D eigenvalue weighted by Gasteiger charge is -2.08. The highest BCUT2D eigenvalue weighted by atomic mass is 16.5. The Morgan fingerprint density at radius 3 is 2.94 bits per heavy atom. The summed E-state index contributed by atoms with van der Waals surface area (Å²) in [4.78, 5) is 22.6. The van der Waals surface area contributed by atoms with Crippen molar-refractivity contribution >= 4 is 17.6 Å². The average Bonchev–Trinajstić information content (AvgIpc) is 2.55. The zero-order valence-electron chi connectivity index (χ0n) is 8.56. The first-order valence-electron chi connectivity index (χ1n) is 4.63. The van der Waals surface area contributed by atoms with Gasteiger partial charge in [-0.05, 0) is 17.7 Å². The Balaban J connectivity index is 2.38. The van der Waals surface area contributed by atoms with Gasteiger partial charge >= 0.3 is 5.97 Å². The molecular weight excluding hydrogens is 210 g/mol. The van der Waals surface area contributed by atoms with Crippen molar-refractivity contribution in [2.45, 2.75) is 6.42 Å². The molecule has 1 aliphatic rings. The van der Waals surface area contributed by atoms with E-state index in [-0.39, 0.29) is 12.3 Å². The van der Waals surface area contributed by atoms with Crippen LogP contribution in [0.2, 0.25) is 0 Å². The van der Waals surface area contributed by atoms with Crippen LogP contribution < -0.4 is 9.64 Å². The number of carboxylic acid groups (broad SMARTS) is 1. The number of hydrogen-bond acceptors (Lipinski definition) is 4. The third-order valence-corrected chi connectivity index (χ3v) is 2.34. The molecule has 1 N–H and O–H groups in total. The first kappa shape index (κ1) is 10.3. The number of anilines is 1. The topological polar surface area (TPSA) is 66.8 Å². The molecular formula is C11H9NO4. The minimum atomic E-state index is -0.896. The van der Waals surface area contributed by atoms with E-state index in [0.29, 0.717) is 17.0 Å². The molecule has 1 aliphatic heterocycles. The molecule has 0 radical (unpaired) electrons. The first-order valence-corrected chi connectivity index (χ1v) is 4.63. The molecule has 0 unspecified atom stereocenters. The maximum absolute atomic E-state index is 10.6. The van der Waals surface area contributed by atoms with Crippen LogP contribution in [0, 0.1) is 0 Å². The second-order valence-corrected chi connectivity index (χ2v) is 3.44. The van der Waals surface area contributed by atoms with Crippen molar-refractivity contribution in [1.29, 1.82) is 0 Å². The molecule has 0 aromatic heterocycles. The van der Waals surface area contributed by atoms with E-state index in [1.165, 1.54) is 4.90 Å². The second kappa shape index (κ2) is 3.72. The predicted molar refractivity (Wildman–Crippen MR) is 56.0 cm³/mol. The molecule has 1 aromatic rings. The zero-order valence-corrected chi connectivity index (χ0v) is 8.56. The van der Waals surface area contributed by atoms with Gasteiger partial charge in [0.1, 0.15) is 0 Å². The average molecular weight is 219 g/mol. The number of fused-ring (bicyclic) bond motifs is 1. The smallest absolute Gasteiger partial charge is 0.307 e. The van der Waals surface area contributed by atoms with Crippen molar-refractivity contribution in [3.05, 3.63) is 29.6 Å². The number of nitrogens with zero attached hydrogens (tertiary/aromatic N) is 1. The van der Waals surface area contributed by atoms with Gasteiger partial charge < -0.3 is 14.7 Å². The SMILES string of the molecule is CN1C(=C=O)Oc2ccc(CC(=O)O)cc21. The van der Waals surface area contributed by atoms with Gasteiger partial charge in [-0.3, -0.25) is 4.79 Å². The molecule has 5 heteroatoms. The van der Waals surface area contributed by atoms with Gasteiger partial charge in [-0.25, -0.2) is 4.79 Å². The maximum atomic E-state index is 10.6. The van der Waals surface area contributed by atoms with E-state index in [1.807, 2.05) is 0 Å². The lowest BCUT2D eigenvalue weighted by Crippen LogP contribution is -2.13. The number of benzene rings is 1. The molecule has 0 amide bonds. The molecule has 0 atom stereocenters. The lowest BCUT2D eigenvalue weighted by atomic mass is 10.1. The fourth-order valence-electron chi connectivity index (χ4n) is 1.57. The summed E-state index contributed by atoms with van der Waals surface area (Å²) in [6.45, 7) is 0. The number of aliphatic carboxylic acids is 1. The molecule has 0 saturated heterocycles. The minimum absolute atomic E-state index is 0.0543. The van der Waals surface area contributed by atoms with Crippen LogP contribution in [0.3, 0.4) is 0 Å². The third kappa shape index (κ3) is 1.64. The van der Waals surface area contributed by atoms with E-state index < -0.39 is 5.97 Å². The number of carbonyl (C=O) groups excluding carboxylic acids is 1. The van der Waals surface area contributed by atoms with Crippen LogP contribution in [0.1, 0.15) is 5.56 Å². The van der Waals surface area contributed by atoms with Gasteiger partial charge in [0.15, 0.2) is 11.7 Å². The zero-order chi connectivity index (χ0) is 11.7. The Kier molecular flexibility index (Phi) is 2.38. The summed E-state index contributed by atoms with van der Waals surface area (Å²) in [5.74, 6) is 1.40. The summed E-state index contributed by atoms with van der Waals surface area (Å²) in [6.07, 6.45) is -0.0543. The highest BCUT2D eigenvalue weighted by Crippen LogP contribution is 2.37. The number of carbonyl (C=O) groups is 1.